The van der Waals surface area contributed by atoms with E-state index in [4.69, 9.17) is 0 Å². The topological polar surface area (TPSA) is 83.6 Å². The minimum Gasteiger partial charge on any atom is -0.310 e. The molecule has 1 aliphatic heterocycles. The Balaban J connectivity index is 1.63. The lowest BCUT2D eigenvalue weighted by Gasteiger charge is -2.33. The van der Waals surface area contributed by atoms with Crippen LogP contribution in [0.2, 0.25) is 0 Å². The summed E-state index contributed by atoms with van der Waals surface area (Å²) in [6, 6.07) is 11.2. The number of benzene rings is 2. The summed E-state index contributed by atoms with van der Waals surface area (Å²) in [7, 11) is -3.83. The molecule has 2 aromatic rings. The maximum absolute atomic E-state index is 12.9. The zero-order valence-electron chi connectivity index (χ0n) is 16.2. The number of carbonyl (C=O) groups excluding carboxylic acids is 2. The standard InChI is InChI=1S/C21H22N2O4S2/c1-13-12-23(21(25)16-3-4-16)19-11-18(9-10-20(19)28-13)29(26,27)22-17-7-5-15(6-8-17)14(2)24/h5-11,13,16,22H,3-4,12H2,1-2H3/t13-/m1/s1. The number of anilines is 2. The minimum absolute atomic E-state index is 0.0660. The summed E-state index contributed by atoms with van der Waals surface area (Å²) in [6.07, 6.45) is 1.81. The summed E-state index contributed by atoms with van der Waals surface area (Å²) >= 11 is 1.65. The average molecular weight is 431 g/mol. The summed E-state index contributed by atoms with van der Waals surface area (Å²) in [5.74, 6) is 0.0679. The average Bonchev–Trinajstić information content (AvgIpc) is 3.51. The van der Waals surface area contributed by atoms with Crippen LogP contribution in [-0.2, 0) is 14.8 Å². The molecule has 0 saturated heterocycles. The summed E-state index contributed by atoms with van der Waals surface area (Å²) < 4.78 is 28.4. The van der Waals surface area contributed by atoms with Crippen molar-refractivity contribution in [2.45, 2.75) is 41.7 Å². The predicted octanol–water partition coefficient (Wildman–Crippen LogP) is 3.93. The van der Waals surface area contributed by atoms with E-state index in [1.165, 1.54) is 6.92 Å². The number of fused-ring (bicyclic) bond motifs is 1. The third kappa shape index (κ3) is 4.18. The van der Waals surface area contributed by atoms with Crippen molar-refractivity contribution < 1.29 is 18.0 Å². The number of amides is 1. The van der Waals surface area contributed by atoms with Crippen LogP contribution in [0.15, 0.2) is 52.3 Å². The molecule has 2 aliphatic rings. The molecule has 0 bridgehead atoms. The second-order valence-electron chi connectivity index (χ2n) is 7.52. The van der Waals surface area contributed by atoms with Crippen LogP contribution in [0.5, 0.6) is 0 Å². The number of Topliss-reactive ketones (excluding diaryl/α,β-unsaturated/α-hetero) is 1. The Hall–Kier alpha value is -2.32. The van der Waals surface area contributed by atoms with Crippen LogP contribution in [0.4, 0.5) is 11.4 Å². The summed E-state index contributed by atoms with van der Waals surface area (Å²) in [4.78, 5) is 26.9. The molecule has 2 aromatic carbocycles. The van der Waals surface area contributed by atoms with E-state index < -0.39 is 10.0 Å². The first-order valence-corrected chi connectivity index (χ1v) is 11.9. The van der Waals surface area contributed by atoms with Crippen molar-refractivity contribution in [3.8, 4) is 0 Å². The van der Waals surface area contributed by atoms with E-state index in [0.29, 0.717) is 23.5 Å². The molecule has 6 nitrogen and oxygen atoms in total. The lowest BCUT2D eigenvalue weighted by Crippen LogP contribution is -2.39. The molecule has 4 rings (SSSR count). The molecule has 8 heteroatoms. The van der Waals surface area contributed by atoms with Crippen molar-refractivity contribution in [3.63, 3.8) is 0 Å². The van der Waals surface area contributed by atoms with E-state index in [9.17, 15) is 18.0 Å². The first kappa shape index (κ1) is 20.0. The highest BCUT2D eigenvalue weighted by atomic mass is 32.2. The molecule has 0 radical (unpaired) electrons. The highest BCUT2D eigenvalue weighted by Gasteiger charge is 2.37. The van der Waals surface area contributed by atoms with Crippen LogP contribution in [0.1, 0.15) is 37.0 Å². The number of nitrogens with zero attached hydrogens (tertiary/aromatic N) is 1. The Kier molecular flexibility index (Phi) is 5.16. The molecular formula is C21H22N2O4S2. The molecule has 1 N–H and O–H groups in total. The van der Waals surface area contributed by atoms with Crippen molar-refractivity contribution in [2.24, 2.45) is 5.92 Å². The molecule has 1 amide bonds. The van der Waals surface area contributed by atoms with Crippen molar-refractivity contribution in [2.75, 3.05) is 16.2 Å². The van der Waals surface area contributed by atoms with Crippen molar-refractivity contribution in [3.05, 3.63) is 48.0 Å². The molecule has 152 valence electrons. The molecule has 1 fully saturated rings. The fourth-order valence-electron chi connectivity index (χ4n) is 3.33. The van der Waals surface area contributed by atoms with Crippen LogP contribution in [0, 0.1) is 5.92 Å². The van der Waals surface area contributed by atoms with Gasteiger partial charge in [0.1, 0.15) is 0 Å². The van der Waals surface area contributed by atoms with E-state index in [1.807, 2.05) is 0 Å². The van der Waals surface area contributed by atoms with Crippen LogP contribution in [0.3, 0.4) is 0 Å². The quantitative estimate of drug-likeness (QED) is 0.727. The van der Waals surface area contributed by atoms with Gasteiger partial charge in [-0.1, -0.05) is 6.92 Å². The smallest absolute Gasteiger partial charge is 0.261 e. The van der Waals surface area contributed by atoms with E-state index in [-0.39, 0.29) is 27.8 Å². The summed E-state index contributed by atoms with van der Waals surface area (Å²) in [5, 5.41) is 0.255. The van der Waals surface area contributed by atoms with Crippen LogP contribution in [0.25, 0.3) is 0 Å². The largest absolute Gasteiger partial charge is 0.310 e. The van der Waals surface area contributed by atoms with Gasteiger partial charge in [0.05, 0.1) is 10.6 Å². The van der Waals surface area contributed by atoms with Crippen LogP contribution in [-0.4, -0.2) is 31.9 Å². The van der Waals surface area contributed by atoms with Crippen molar-refractivity contribution in [1.29, 1.82) is 0 Å². The van der Waals surface area contributed by atoms with Gasteiger partial charge in [-0.05, 0) is 62.2 Å². The molecular weight excluding hydrogens is 408 g/mol. The van der Waals surface area contributed by atoms with E-state index in [1.54, 1.807) is 59.1 Å². The Bertz CT molecular complexity index is 1080. The number of carbonyl (C=O) groups is 2. The van der Waals surface area contributed by atoms with Crippen LogP contribution >= 0.6 is 11.8 Å². The van der Waals surface area contributed by atoms with Gasteiger partial charge >= 0.3 is 0 Å². The molecule has 0 aromatic heterocycles. The fourth-order valence-corrected chi connectivity index (χ4v) is 5.50. The number of hydrogen-bond acceptors (Lipinski definition) is 5. The third-order valence-corrected chi connectivity index (χ3v) is 7.57. The molecule has 1 atom stereocenters. The Morgan fingerprint density at radius 3 is 2.41 bits per heavy atom. The lowest BCUT2D eigenvalue weighted by atomic mass is 10.1. The van der Waals surface area contributed by atoms with Gasteiger partial charge < -0.3 is 4.90 Å². The second kappa shape index (κ2) is 7.50. The number of thioether (sulfide) groups is 1. The predicted molar refractivity (Wildman–Crippen MR) is 114 cm³/mol. The SMILES string of the molecule is CC(=O)c1ccc(NS(=O)(=O)c2ccc3c(c2)N(C(=O)C2CC2)C[C@@H](C)S3)cc1. The first-order valence-electron chi connectivity index (χ1n) is 9.50. The Morgan fingerprint density at radius 1 is 1.10 bits per heavy atom. The number of ketones is 1. The van der Waals surface area contributed by atoms with Gasteiger partial charge in [-0.25, -0.2) is 8.42 Å². The maximum Gasteiger partial charge on any atom is 0.261 e. The highest BCUT2D eigenvalue weighted by Crippen LogP contribution is 2.42. The molecule has 29 heavy (non-hydrogen) atoms. The lowest BCUT2D eigenvalue weighted by molar-refractivity contribution is -0.119. The third-order valence-electron chi connectivity index (χ3n) is 5.04. The fraction of sp³-hybridized carbons (Fsp3) is 0.333. The molecule has 1 saturated carbocycles. The normalized spacial score (nSPS) is 18.8. The van der Waals surface area contributed by atoms with Crippen LogP contribution < -0.4 is 9.62 Å². The van der Waals surface area contributed by atoms with Crippen molar-refractivity contribution >= 4 is 44.9 Å². The zero-order valence-corrected chi connectivity index (χ0v) is 17.8. The summed E-state index contributed by atoms with van der Waals surface area (Å²) in [5.41, 5.74) is 1.56. The second-order valence-corrected chi connectivity index (χ2v) is 10.7. The number of nitrogens with one attached hydrogen (secondary N) is 1. The van der Waals surface area contributed by atoms with Gasteiger partial charge in [-0.3, -0.25) is 14.3 Å². The number of sulfonamides is 1. The molecule has 0 spiro atoms. The van der Waals surface area contributed by atoms with Gasteiger partial charge in [-0.2, -0.15) is 0 Å². The molecule has 1 heterocycles. The van der Waals surface area contributed by atoms with Crippen molar-refractivity contribution in [1.82, 2.24) is 0 Å². The van der Waals surface area contributed by atoms with Gasteiger partial charge in [0, 0.05) is 33.9 Å². The summed E-state index contributed by atoms with van der Waals surface area (Å²) in [6.45, 7) is 4.11. The monoisotopic (exact) mass is 430 g/mol. The Morgan fingerprint density at radius 2 is 1.79 bits per heavy atom. The highest BCUT2D eigenvalue weighted by molar-refractivity contribution is 8.00. The number of rotatable bonds is 5. The van der Waals surface area contributed by atoms with E-state index in [2.05, 4.69) is 11.6 Å². The maximum atomic E-state index is 12.9. The van der Waals surface area contributed by atoms with E-state index in [0.717, 1.165) is 17.7 Å². The molecule has 0 unspecified atom stereocenters. The van der Waals surface area contributed by atoms with Gasteiger partial charge in [0.25, 0.3) is 10.0 Å². The zero-order chi connectivity index (χ0) is 20.8. The van der Waals surface area contributed by atoms with Gasteiger partial charge in [0.2, 0.25) is 5.91 Å². The minimum atomic E-state index is -3.83. The van der Waals surface area contributed by atoms with Gasteiger partial charge in [-0.15, -0.1) is 11.8 Å². The Labute approximate surface area is 174 Å². The first-order chi connectivity index (χ1) is 13.7. The molecule has 1 aliphatic carbocycles. The van der Waals surface area contributed by atoms with E-state index >= 15 is 0 Å². The number of hydrogen-bond donors (Lipinski definition) is 1. The van der Waals surface area contributed by atoms with Gasteiger partial charge in [0.15, 0.2) is 5.78 Å².